The van der Waals surface area contributed by atoms with E-state index in [9.17, 15) is 13.2 Å². The van der Waals surface area contributed by atoms with Crippen LogP contribution in [0.1, 0.15) is 6.92 Å². The lowest BCUT2D eigenvalue weighted by atomic mass is 9.99. The minimum absolute atomic E-state index is 0.0152. The van der Waals surface area contributed by atoms with Crippen LogP contribution in [0.3, 0.4) is 0 Å². The average Bonchev–Trinajstić information content (AvgIpc) is 3.03. The summed E-state index contributed by atoms with van der Waals surface area (Å²) >= 11 is 1.43. The summed E-state index contributed by atoms with van der Waals surface area (Å²) in [7, 11) is -3.69. The number of carboxylic acids is 1. The number of sulfonamides is 1. The number of carbonyl (C=O) groups is 1. The molecule has 0 saturated carbocycles. The topological polar surface area (TPSA) is 87.6 Å². The molecule has 8 heteroatoms. The van der Waals surface area contributed by atoms with Gasteiger partial charge in [0.25, 0.3) is 0 Å². The molecule has 2 aromatic rings. The standard InChI is InChI=1S/C13H14N2O4S2/c1-8-6-15(7-10(8)13(16)17)21(18,19)9-4-12-11(14-5-9)2-3-20-12/h2-5,8,10H,6-7H2,1H3,(H,16,17)/t8-,10-/m1/s1. The fourth-order valence-corrected chi connectivity index (χ4v) is 4.95. The lowest BCUT2D eigenvalue weighted by molar-refractivity contribution is -0.142. The molecular weight excluding hydrogens is 312 g/mol. The van der Waals surface area contributed by atoms with Gasteiger partial charge in [-0.1, -0.05) is 6.92 Å². The first-order valence-corrected chi connectivity index (χ1v) is 8.78. The number of thiophene rings is 1. The first-order chi connectivity index (χ1) is 9.89. The zero-order valence-corrected chi connectivity index (χ0v) is 12.9. The molecule has 112 valence electrons. The normalized spacial score (nSPS) is 23.7. The van der Waals surface area contributed by atoms with Crippen molar-refractivity contribution in [1.29, 1.82) is 0 Å². The first-order valence-electron chi connectivity index (χ1n) is 6.46. The number of hydrogen-bond acceptors (Lipinski definition) is 5. The van der Waals surface area contributed by atoms with Crippen molar-refractivity contribution in [1.82, 2.24) is 9.29 Å². The second-order valence-corrected chi connectivity index (χ2v) is 8.10. The minimum atomic E-state index is -3.69. The zero-order valence-electron chi connectivity index (χ0n) is 11.3. The van der Waals surface area contributed by atoms with Gasteiger partial charge in [-0.2, -0.15) is 4.31 Å². The first kappa shape index (κ1) is 14.4. The Labute approximate surface area is 126 Å². The van der Waals surface area contributed by atoms with E-state index in [2.05, 4.69) is 4.98 Å². The SMILES string of the molecule is C[C@@H]1CN(S(=O)(=O)c2cnc3ccsc3c2)C[C@H]1C(=O)O. The van der Waals surface area contributed by atoms with Gasteiger partial charge in [0.1, 0.15) is 4.90 Å². The number of aliphatic carboxylic acids is 1. The van der Waals surface area contributed by atoms with Gasteiger partial charge in [0, 0.05) is 19.3 Å². The molecule has 0 spiro atoms. The predicted molar refractivity (Wildman–Crippen MR) is 78.7 cm³/mol. The van der Waals surface area contributed by atoms with Crippen molar-refractivity contribution < 1.29 is 18.3 Å². The summed E-state index contributed by atoms with van der Waals surface area (Å²) in [6.45, 7) is 2.00. The number of pyridine rings is 1. The van der Waals surface area contributed by atoms with Crippen LogP contribution in [0.5, 0.6) is 0 Å². The quantitative estimate of drug-likeness (QED) is 0.926. The third-order valence-corrected chi connectivity index (χ3v) is 6.46. The monoisotopic (exact) mass is 326 g/mol. The van der Waals surface area contributed by atoms with E-state index in [0.29, 0.717) is 0 Å². The minimum Gasteiger partial charge on any atom is -0.481 e. The summed E-state index contributed by atoms with van der Waals surface area (Å²) in [6.07, 6.45) is 1.34. The molecule has 2 aromatic heterocycles. The Morgan fingerprint density at radius 1 is 1.48 bits per heavy atom. The lowest BCUT2D eigenvalue weighted by Gasteiger charge is -2.15. The van der Waals surface area contributed by atoms with Crippen LogP contribution in [0, 0.1) is 11.8 Å². The van der Waals surface area contributed by atoms with E-state index in [0.717, 1.165) is 10.2 Å². The Kier molecular flexibility index (Phi) is 3.46. The number of carboxylic acid groups (broad SMARTS) is 1. The van der Waals surface area contributed by atoms with Crippen LogP contribution >= 0.6 is 11.3 Å². The van der Waals surface area contributed by atoms with Crippen LogP contribution in [-0.2, 0) is 14.8 Å². The van der Waals surface area contributed by atoms with Crippen LogP contribution in [0.15, 0.2) is 28.6 Å². The maximum atomic E-state index is 12.6. The third-order valence-electron chi connectivity index (χ3n) is 3.81. The predicted octanol–water partition coefficient (Wildman–Crippen LogP) is 1.64. The van der Waals surface area contributed by atoms with E-state index < -0.39 is 21.9 Å². The Morgan fingerprint density at radius 3 is 2.90 bits per heavy atom. The van der Waals surface area contributed by atoms with Crippen molar-refractivity contribution in [2.24, 2.45) is 11.8 Å². The van der Waals surface area contributed by atoms with Crippen molar-refractivity contribution in [2.75, 3.05) is 13.1 Å². The van der Waals surface area contributed by atoms with Gasteiger partial charge >= 0.3 is 5.97 Å². The molecule has 0 amide bonds. The second kappa shape index (κ2) is 5.04. The maximum absolute atomic E-state index is 12.6. The Bertz CT molecular complexity index is 799. The van der Waals surface area contributed by atoms with Gasteiger partial charge in [-0.25, -0.2) is 8.42 Å². The molecule has 1 fully saturated rings. The molecule has 1 aliphatic rings. The number of aromatic nitrogens is 1. The van der Waals surface area contributed by atoms with Crippen LogP contribution in [0.2, 0.25) is 0 Å². The van der Waals surface area contributed by atoms with Crippen LogP contribution in [-0.4, -0.2) is 41.9 Å². The number of rotatable bonds is 3. The molecule has 2 atom stereocenters. The van der Waals surface area contributed by atoms with Crippen LogP contribution in [0.4, 0.5) is 0 Å². The van der Waals surface area contributed by atoms with Crippen LogP contribution < -0.4 is 0 Å². The molecule has 3 rings (SSSR count). The average molecular weight is 326 g/mol. The maximum Gasteiger partial charge on any atom is 0.308 e. The summed E-state index contributed by atoms with van der Waals surface area (Å²) in [5.74, 6) is -1.80. The summed E-state index contributed by atoms with van der Waals surface area (Å²) in [5, 5.41) is 11.0. The van der Waals surface area contributed by atoms with Crippen molar-refractivity contribution in [3.05, 3.63) is 23.7 Å². The highest BCUT2D eigenvalue weighted by Gasteiger charge is 2.40. The number of fused-ring (bicyclic) bond motifs is 1. The van der Waals surface area contributed by atoms with Crippen molar-refractivity contribution >= 4 is 37.5 Å². The van der Waals surface area contributed by atoms with E-state index in [1.807, 2.05) is 11.4 Å². The molecule has 0 aliphatic carbocycles. The Morgan fingerprint density at radius 2 is 2.24 bits per heavy atom. The van der Waals surface area contributed by atoms with Gasteiger partial charge in [-0.3, -0.25) is 9.78 Å². The largest absolute Gasteiger partial charge is 0.481 e. The van der Waals surface area contributed by atoms with Crippen molar-refractivity contribution in [3.8, 4) is 0 Å². The molecule has 0 radical (unpaired) electrons. The number of nitrogens with zero attached hydrogens (tertiary/aromatic N) is 2. The molecule has 0 bridgehead atoms. The van der Waals surface area contributed by atoms with Gasteiger partial charge in [-0.15, -0.1) is 11.3 Å². The van der Waals surface area contributed by atoms with Crippen molar-refractivity contribution in [3.63, 3.8) is 0 Å². The number of hydrogen-bond donors (Lipinski definition) is 1. The molecule has 21 heavy (non-hydrogen) atoms. The lowest BCUT2D eigenvalue weighted by Crippen LogP contribution is -2.30. The van der Waals surface area contributed by atoms with Crippen molar-refractivity contribution in [2.45, 2.75) is 11.8 Å². The highest BCUT2D eigenvalue weighted by Crippen LogP contribution is 2.30. The summed E-state index contributed by atoms with van der Waals surface area (Å²) in [6, 6.07) is 3.43. The Balaban J connectivity index is 1.95. The summed E-state index contributed by atoms with van der Waals surface area (Å²) in [5.41, 5.74) is 0.761. The summed E-state index contributed by atoms with van der Waals surface area (Å²) < 4.78 is 27.3. The van der Waals surface area contributed by atoms with Gasteiger partial charge in [-0.05, 0) is 23.4 Å². The molecule has 3 heterocycles. The Hall–Kier alpha value is -1.51. The molecule has 6 nitrogen and oxygen atoms in total. The molecule has 1 aliphatic heterocycles. The molecule has 1 saturated heterocycles. The van der Waals surface area contributed by atoms with E-state index >= 15 is 0 Å². The smallest absolute Gasteiger partial charge is 0.308 e. The van der Waals surface area contributed by atoms with Crippen LogP contribution in [0.25, 0.3) is 10.2 Å². The van der Waals surface area contributed by atoms with E-state index in [1.54, 1.807) is 13.0 Å². The third kappa shape index (κ3) is 2.43. The highest BCUT2D eigenvalue weighted by molar-refractivity contribution is 7.89. The van der Waals surface area contributed by atoms with E-state index in [-0.39, 0.29) is 23.9 Å². The van der Waals surface area contributed by atoms with E-state index in [4.69, 9.17) is 5.11 Å². The fraction of sp³-hybridized carbons (Fsp3) is 0.385. The van der Waals surface area contributed by atoms with Gasteiger partial charge < -0.3 is 5.11 Å². The summed E-state index contributed by atoms with van der Waals surface area (Å²) in [4.78, 5) is 15.4. The molecule has 0 unspecified atom stereocenters. The molecule has 1 N–H and O–H groups in total. The van der Waals surface area contributed by atoms with Gasteiger partial charge in [0.15, 0.2) is 0 Å². The molecular formula is C13H14N2O4S2. The van der Waals surface area contributed by atoms with Gasteiger partial charge in [0.05, 0.1) is 16.1 Å². The highest BCUT2D eigenvalue weighted by atomic mass is 32.2. The van der Waals surface area contributed by atoms with Gasteiger partial charge in [0.2, 0.25) is 10.0 Å². The second-order valence-electron chi connectivity index (χ2n) is 5.22. The fourth-order valence-electron chi connectivity index (χ4n) is 2.56. The molecule has 0 aromatic carbocycles. The van der Waals surface area contributed by atoms with E-state index in [1.165, 1.54) is 21.8 Å². The zero-order chi connectivity index (χ0) is 15.2.